The Morgan fingerprint density at radius 3 is 2.87 bits per heavy atom. The van der Waals surface area contributed by atoms with Crippen molar-refractivity contribution in [3.05, 3.63) is 22.7 Å². The van der Waals surface area contributed by atoms with Crippen molar-refractivity contribution in [2.75, 3.05) is 11.4 Å². The normalized spacial score (nSPS) is 21.1. The van der Waals surface area contributed by atoms with Gasteiger partial charge in [-0.15, -0.1) is 11.6 Å². The maximum atomic E-state index is 11.6. The molecule has 1 aromatic rings. The molecule has 0 saturated carbocycles. The average molecular weight is 291 g/mol. The number of halogens is 2. The third kappa shape index (κ3) is 1.96. The van der Waals surface area contributed by atoms with Gasteiger partial charge in [-0.2, -0.15) is 0 Å². The summed E-state index contributed by atoms with van der Waals surface area (Å²) in [7, 11) is 0. The molecule has 1 N–H and O–H groups in total. The van der Waals surface area contributed by atoms with Crippen molar-refractivity contribution in [1.29, 1.82) is 0 Å². The van der Waals surface area contributed by atoms with Gasteiger partial charge in [0.15, 0.2) is 5.75 Å². The minimum absolute atomic E-state index is 0.0524. The number of carbonyl (C=O) groups excluding carboxylic acids is 1. The number of carbonyl (C=O) groups is 1. The number of hydrogen-bond donors (Lipinski definition) is 1. The van der Waals surface area contributed by atoms with Crippen LogP contribution in [0, 0.1) is 0 Å². The molecule has 1 aliphatic heterocycles. The number of nitrogens with zero attached hydrogens (tertiary/aromatic N) is 1. The number of alkyl halides is 1. The Labute approximate surface area is 101 Å². The first-order valence-electron chi connectivity index (χ1n) is 4.51. The predicted octanol–water partition coefficient (Wildman–Crippen LogP) is 2.50. The fourth-order valence-electron chi connectivity index (χ4n) is 1.62. The van der Waals surface area contributed by atoms with Crippen molar-refractivity contribution in [1.82, 2.24) is 0 Å². The molecule has 0 spiro atoms. The topological polar surface area (TPSA) is 40.5 Å². The quantitative estimate of drug-likeness (QED) is 0.807. The summed E-state index contributed by atoms with van der Waals surface area (Å²) in [5.41, 5.74) is 0.512. The molecular weight excluding hydrogens is 281 g/mol. The number of phenolic OH excluding ortho intramolecular Hbond substituents is 1. The van der Waals surface area contributed by atoms with E-state index in [1.54, 1.807) is 18.2 Å². The van der Waals surface area contributed by atoms with E-state index in [0.717, 1.165) is 0 Å². The molecule has 2 rings (SSSR count). The van der Waals surface area contributed by atoms with Gasteiger partial charge in [0.25, 0.3) is 0 Å². The molecule has 80 valence electrons. The fraction of sp³-hybridized carbons (Fsp3) is 0.300. The molecule has 1 atom stereocenters. The molecule has 1 saturated heterocycles. The number of hydrogen-bond acceptors (Lipinski definition) is 2. The third-order valence-corrected chi connectivity index (χ3v) is 3.27. The highest BCUT2D eigenvalue weighted by Gasteiger charge is 2.30. The van der Waals surface area contributed by atoms with E-state index in [4.69, 9.17) is 11.6 Å². The highest BCUT2D eigenvalue weighted by molar-refractivity contribution is 9.10. The second-order valence-electron chi connectivity index (χ2n) is 3.41. The smallest absolute Gasteiger partial charge is 0.228 e. The van der Waals surface area contributed by atoms with Crippen molar-refractivity contribution in [2.45, 2.75) is 11.8 Å². The molecule has 15 heavy (non-hydrogen) atoms. The molecule has 0 aromatic heterocycles. The number of rotatable bonds is 1. The van der Waals surface area contributed by atoms with Crippen LogP contribution in [0.15, 0.2) is 22.7 Å². The first-order chi connectivity index (χ1) is 7.09. The van der Waals surface area contributed by atoms with Gasteiger partial charge in [0.05, 0.1) is 15.5 Å². The molecule has 0 bridgehead atoms. The molecular formula is C10H9BrClNO2. The van der Waals surface area contributed by atoms with Crippen LogP contribution in [-0.4, -0.2) is 22.9 Å². The molecule has 1 amide bonds. The van der Waals surface area contributed by atoms with Crippen molar-refractivity contribution in [3.8, 4) is 5.75 Å². The van der Waals surface area contributed by atoms with Gasteiger partial charge in [0.1, 0.15) is 0 Å². The summed E-state index contributed by atoms with van der Waals surface area (Å²) in [5, 5.41) is 9.61. The Balaban J connectivity index is 2.38. The van der Waals surface area contributed by atoms with Crippen LogP contribution in [0.3, 0.4) is 0 Å². The van der Waals surface area contributed by atoms with E-state index in [0.29, 0.717) is 23.1 Å². The van der Waals surface area contributed by atoms with Crippen LogP contribution in [0.2, 0.25) is 0 Å². The van der Waals surface area contributed by atoms with Gasteiger partial charge >= 0.3 is 0 Å². The minimum Gasteiger partial charge on any atom is -0.505 e. The van der Waals surface area contributed by atoms with Crippen molar-refractivity contribution in [2.24, 2.45) is 0 Å². The van der Waals surface area contributed by atoms with E-state index < -0.39 is 0 Å². The lowest BCUT2D eigenvalue weighted by Gasteiger charge is -2.17. The second-order valence-corrected chi connectivity index (χ2v) is 4.88. The zero-order valence-electron chi connectivity index (χ0n) is 7.78. The highest BCUT2D eigenvalue weighted by atomic mass is 79.9. The number of amides is 1. The number of aromatic hydroxyl groups is 1. The van der Waals surface area contributed by atoms with E-state index >= 15 is 0 Å². The van der Waals surface area contributed by atoms with Crippen LogP contribution < -0.4 is 4.90 Å². The van der Waals surface area contributed by atoms with Gasteiger partial charge in [-0.3, -0.25) is 4.79 Å². The van der Waals surface area contributed by atoms with E-state index in [1.807, 2.05) is 0 Å². The van der Waals surface area contributed by atoms with Gasteiger partial charge in [0.2, 0.25) is 5.91 Å². The van der Waals surface area contributed by atoms with E-state index in [9.17, 15) is 9.90 Å². The zero-order valence-corrected chi connectivity index (χ0v) is 10.1. The Hall–Kier alpha value is -0.740. The Bertz CT molecular complexity index is 410. The largest absolute Gasteiger partial charge is 0.505 e. The van der Waals surface area contributed by atoms with Crippen molar-refractivity contribution >= 4 is 39.1 Å². The molecule has 1 unspecified atom stereocenters. The fourth-order valence-corrected chi connectivity index (χ4v) is 2.24. The first kappa shape index (κ1) is 10.8. The monoisotopic (exact) mass is 289 g/mol. The number of benzene rings is 1. The summed E-state index contributed by atoms with van der Waals surface area (Å²) in [6.07, 6.45) is 0.327. The van der Waals surface area contributed by atoms with Gasteiger partial charge in [-0.25, -0.2) is 0 Å². The minimum atomic E-state index is -0.170. The molecule has 1 heterocycles. The Morgan fingerprint density at radius 1 is 1.53 bits per heavy atom. The summed E-state index contributed by atoms with van der Waals surface area (Å²) in [4.78, 5) is 13.1. The summed E-state index contributed by atoms with van der Waals surface area (Å²) in [5.74, 6) is 0.0278. The Morgan fingerprint density at radius 2 is 2.27 bits per heavy atom. The lowest BCUT2D eigenvalue weighted by atomic mass is 10.2. The van der Waals surface area contributed by atoms with Crippen LogP contribution in [0.5, 0.6) is 5.75 Å². The summed E-state index contributed by atoms with van der Waals surface area (Å²) in [6.45, 7) is 0.449. The number of para-hydroxylation sites is 1. The van der Waals surface area contributed by atoms with Crippen molar-refractivity contribution in [3.63, 3.8) is 0 Å². The third-order valence-electron chi connectivity index (χ3n) is 2.33. The van der Waals surface area contributed by atoms with Crippen LogP contribution in [-0.2, 0) is 4.79 Å². The van der Waals surface area contributed by atoms with Crippen LogP contribution >= 0.6 is 27.5 Å². The SMILES string of the molecule is O=C1CC(Cl)CN1c1cccc(Br)c1O. The van der Waals surface area contributed by atoms with Gasteiger partial charge in [0, 0.05) is 13.0 Å². The number of phenols is 1. The average Bonchev–Trinajstić information content (AvgIpc) is 2.50. The zero-order chi connectivity index (χ0) is 11.0. The van der Waals surface area contributed by atoms with Crippen LogP contribution in [0.25, 0.3) is 0 Å². The lowest BCUT2D eigenvalue weighted by Crippen LogP contribution is -2.24. The molecule has 0 radical (unpaired) electrons. The molecule has 3 nitrogen and oxygen atoms in total. The summed E-state index contributed by atoms with van der Waals surface area (Å²) in [6, 6.07) is 5.19. The van der Waals surface area contributed by atoms with E-state index in [-0.39, 0.29) is 17.0 Å². The Kier molecular flexibility index (Phi) is 2.89. The molecule has 5 heteroatoms. The summed E-state index contributed by atoms with van der Waals surface area (Å²) < 4.78 is 0.575. The highest BCUT2D eigenvalue weighted by Crippen LogP contribution is 2.36. The van der Waals surface area contributed by atoms with E-state index in [1.165, 1.54) is 4.90 Å². The van der Waals surface area contributed by atoms with E-state index in [2.05, 4.69) is 15.9 Å². The van der Waals surface area contributed by atoms with Crippen LogP contribution in [0.1, 0.15) is 6.42 Å². The standard InChI is InChI=1S/C10H9BrClNO2/c11-7-2-1-3-8(10(7)15)13-5-6(12)4-9(13)14/h1-3,6,15H,4-5H2. The number of anilines is 1. The van der Waals surface area contributed by atoms with Gasteiger partial charge in [-0.05, 0) is 28.1 Å². The molecule has 1 fully saturated rings. The summed E-state index contributed by atoms with van der Waals surface area (Å²) >= 11 is 9.10. The predicted molar refractivity (Wildman–Crippen MR) is 62.4 cm³/mol. The molecule has 1 aromatic carbocycles. The van der Waals surface area contributed by atoms with Gasteiger partial charge in [-0.1, -0.05) is 6.07 Å². The first-order valence-corrected chi connectivity index (χ1v) is 5.74. The second kappa shape index (κ2) is 4.02. The molecule has 0 aliphatic carbocycles. The van der Waals surface area contributed by atoms with Gasteiger partial charge < -0.3 is 10.0 Å². The maximum absolute atomic E-state index is 11.6. The van der Waals surface area contributed by atoms with Crippen molar-refractivity contribution < 1.29 is 9.90 Å². The van der Waals surface area contributed by atoms with Crippen LogP contribution in [0.4, 0.5) is 5.69 Å². The molecule has 1 aliphatic rings. The lowest BCUT2D eigenvalue weighted by molar-refractivity contribution is -0.117. The maximum Gasteiger partial charge on any atom is 0.228 e.